The van der Waals surface area contributed by atoms with Crippen molar-refractivity contribution in [2.45, 2.75) is 12.6 Å². The average Bonchev–Trinajstić information content (AvgIpc) is 3.11. The SMILES string of the molecule is c1cncc(-c2[nH]ncc2CNC[C@@H]2COc3ccccc3O2)c1. The minimum absolute atomic E-state index is 0.00589. The van der Waals surface area contributed by atoms with Crippen molar-refractivity contribution in [1.82, 2.24) is 20.5 Å². The lowest BCUT2D eigenvalue weighted by molar-refractivity contribution is 0.0902. The predicted octanol–water partition coefficient (Wildman–Crippen LogP) is 2.40. The van der Waals surface area contributed by atoms with Crippen molar-refractivity contribution >= 4 is 0 Å². The number of fused-ring (bicyclic) bond motifs is 1. The lowest BCUT2D eigenvalue weighted by atomic mass is 10.1. The van der Waals surface area contributed by atoms with Crippen LogP contribution in [0.1, 0.15) is 5.56 Å². The molecule has 2 N–H and O–H groups in total. The van der Waals surface area contributed by atoms with E-state index in [-0.39, 0.29) is 6.10 Å². The molecular formula is C18H18N4O2. The molecule has 24 heavy (non-hydrogen) atoms. The number of ether oxygens (including phenoxy) is 2. The van der Waals surface area contributed by atoms with E-state index in [0.717, 1.165) is 28.3 Å². The molecule has 1 atom stereocenters. The van der Waals surface area contributed by atoms with Crippen LogP contribution in [-0.2, 0) is 6.54 Å². The molecule has 3 aromatic rings. The number of aromatic nitrogens is 3. The fourth-order valence-corrected chi connectivity index (χ4v) is 2.74. The number of nitrogens with one attached hydrogen (secondary N) is 2. The van der Waals surface area contributed by atoms with E-state index in [0.29, 0.717) is 19.7 Å². The van der Waals surface area contributed by atoms with E-state index in [2.05, 4.69) is 20.5 Å². The first kappa shape index (κ1) is 14.7. The van der Waals surface area contributed by atoms with Gasteiger partial charge in [-0.25, -0.2) is 0 Å². The number of pyridine rings is 1. The first-order chi connectivity index (χ1) is 11.9. The van der Waals surface area contributed by atoms with Crippen molar-refractivity contribution in [3.63, 3.8) is 0 Å². The number of aromatic amines is 1. The van der Waals surface area contributed by atoms with Crippen LogP contribution < -0.4 is 14.8 Å². The normalized spacial score (nSPS) is 16.1. The topological polar surface area (TPSA) is 72.1 Å². The summed E-state index contributed by atoms with van der Waals surface area (Å²) in [6, 6.07) is 11.7. The maximum atomic E-state index is 5.95. The van der Waals surface area contributed by atoms with Gasteiger partial charge in [0.1, 0.15) is 12.7 Å². The van der Waals surface area contributed by atoms with Crippen molar-refractivity contribution < 1.29 is 9.47 Å². The van der Waals surface area contributed by atoms with Gasteiger partial charge in [0, 0.05) is 36.6 Å². The standard InChI is InChI=1S/C18H18N4O2/c1-2-6-17-16(5-1)23-12-15(24-17)11-20-9-14-10-21-22-18(14)13-4-3-7-19-8-13/h1-8,10,15,20H,9,11-12H2,(H,21,22)/t15-/m1/s1. The summed E-state index contributed by atoms with van der Waals surface area (Å²) in [5.74, 6) is 1.61. The van der Waals surface area contributed by atoms with E-state index in [4.69, 9.17) is 9.47 Å². The van der Waals surface area contributed by atoms with Gasteiger partial charge in [0.2, 0.25) is 0 Å². The zero-order valence-electron chi connectivity index (χ0n) is 13.1. The highest BCUT2D eigenvalue weighted by molar-refractivity contribution is 5.61. The summed E-state index contributed by atoms with van der Waals surface area (Å²) >= 11 is 0. The maximum absolute atomic E-state index is 5.95. The molecule has 122 valence electrons. The van der Waals surface area contributed by atoms with Crippen LogP contribution in [-0.4, -0.2) is 34.4 Å². The zero-order chi connectivity index (χ0) is 16.2. The van der Waals surface area contributed by atoms with Gasteiger partial charge >= 0.3 is 0 Å². The van der Waals surface area contributed by atoms with Crippen LogP contribution in [0.4, 0.5) is 0 Å². The van der Waals surface area contributed by atoms with Gasteiger partial charge in [-0.2, -0.15) is 5.10 Å². The lowest BCUT2D eigenvalue weighted by Crippen LogP contribution is -2.38. The molecule has 6 heteroatoms. The van der Waals surface area contributed by atoms with Crippen LogP contribution in [0, 0.1) is 0 Å². The Kier molecular flexibility index (Phi) is 4.12. The summed E-state index contributed by atoms with van der Waals surface area (Å²) in [6.45, 7) is 1.94. The molecule has 1 aliphatic rings. The number of nitrogens with zero attached hydrogens (tertiary/aromatic N) is 2. The first-order valence-corrected chi connectivity index (χ1v) is 7.92. The molecule has 0 saturated carbocycles. The molecule has 0 saturated heterocycles. The maximum Gasteiger partial charge on any atom is 0.161 e. The predicted molar refractivity (Wildman–Crippen MR) is 89.9 cm³/mol. The number of hydrogen-bond donors (Lipinski definition) is 2. The smallest absolute Gasteiger partial charge is 0.161 e. The Morgan fingerprint density at radius 2 is 2.04 bits per heavy atom. The third kappa shape index (κ3) is 3.09. The molecule has 0 radical (unpaired) electrons. The number of rotatable bonds is 5. The molecule has 1 aliphatic heterocycles. The molecule has 0 fully saturated rings. The Hall–Kier alpha value is -2.86. The number of para-hydroxylation sites is 2. The quantitative estimate of drug-likeness (QED) is 0.755. The lowest BCUT2D eigenvalue weighted by Gasteiger charge is -2.26. The zero-order valence-corrected chi connectivity index (χ0v) is 13.1. The van der Waals surface area contributed by atoms with Crippen LogP contribution in [0.3, 0.4) is 0 Å². The number of hydrogen-bond acceptors (Lipinski definition) is 5. The van der Waals surface area contributed by atoms with Crippen LogP contribution in [0.5, 0.6) is 11.5 Å². The highest BCUT2D eigenvalue weighted by Gasteiger charge is 2.20. The minimum atomic E-state index is -0.00589. The Labute approximate surface area is 139 Å². The van der Waals surface area contributed by atoms with E-state index >= 15 is 0 Å². The van der Waals surface area contributed by atoms with Crippen LogP contribution in [0.15, 0.2) is 55.0 Å². The van der Waals surface area contributed by atoms with Crippen molar-refractivity contribution in [3.8, 4) is 22.8 Å². The molecular weight excluding hydrogens is 304 g/mol. The second kappa shape index (κ2) is 6.72. The molecule has 0 spiro atoms. The summed E-state index contributed by atoms with van der Waals surface area (Å²) in [4.78, 5) is 4.15. The molecule has 0 unspecified atom stereocenters. The van der Waals surface area contributed by atoms with Crippen LogP contribution >= 0.6 is 0 Å². The van der Waals surface area contributed by atoms with Crippen LogP contribution in [0.2, 0.25) is 0 Å². The van der Waals surface area contributed by atoms with Gasteiger partial charge in [0.25, 0.3) is 0 Å². The molecule has 0 amide bonds. The van der Waals surface area contributed by atoms with E-state index in [1.54, 1.807) is 6.20 Å². The summed E-state index contributed by atoms with van der Waals surface area (Å²) in [7, 11) is 0. The fraction of sp³-hybridized carbons (Fsp3) is 0.222. The Morgan fingerprint density at radius 3 is 2.92 bits per heavy atom. The monoisotopic (exact) mass is 322 g/mol. The minimum Gasteiger partial charge on any atom is -0.486 e. The Morgan fingerprint density at radius 1 is 1.12 bits per heavy atom. The fourth-order valence-electron chi connectivity index (χ4n) is 2.74. The highest BCUT2D eigenvalue weighted by Crippen LogP contribution is 2.30. The van der Waals surface area contributed by atoms with Gasteiger partial charge in [-0.05, 0) is 24.3 Å². The second-order valence-corrected chi connectivity index (χ2v) is 5.64. The summed E-state index contributed by atoms with van der Waals surface area (Å²) in [5, 5.41) is 10.6. The van der Waals surface area contributed by atoms with Gasteiger partial charge in [-0.15, -0.1) is 0 Å². The van der Waals surface area contributed by atoms with E-state index < -0.39 is 0 Å². The molecule has 0 aliphatic carbocycles. The molecule has 6 nitrogen and oxygen atoms in total. The molecule has 2 aromatic heterocycles. The molecule has 3 heterocycles. The second-order valence-electron chi connectivity index (χ2n) is 5.64. The average molecular weight is 322 g/mol. The van der Waals surface area contributed by atoms with E-state index in [1.165, 1.54) is 0 Å². The summed E-state index contributed by atoms with van der Waals surface area (Å²) in [6.07, 6.45) is 5.42. The third-order valence-electron chi connectivity index (χ3n) is 3.92. The third-order valence-corrected chi connectivity index (χ3v) is 3.92. The highest BCUT2D eigenvalue weighted by atomic mass is 16.6. The number of H-pyrrole nitrogens is 1. The van der Waals surface area contributed by atoms with Crippen molar-refractivity contribution in [2.75, 3.05) is 13.2 Å². The molecule has 0 bridgehead atoms. The van der Waals surface area contributed by atoms with E-state index in [1.807, 2.05) is 48.8 Å². The summed E-state index contributed by atoms with van der Waals surface area (Å²) < 4.78 is 11.7. The Bertz CT molecular complexity index is 804. The van der Waals surface area contributed by atoms with E-state index in [9.17, 15) is 0 Å². The largest absolute Gasteiger partial charge is 0.486 e. The van der Waals surface area contributed by atoms with Crippen LogP contribution in [0.25, 0.3) is 11.3 Å². The van der Waals surface area contributed by atoms with Crippen molar-refractivity contribution in [1.29, 1.82) is 0 Å². The van der Waals surface area contributed by atoms with Gasteiger partial charge < -0.3 is 14.8 Å². The molecule has 1 aromatic carbocycles. The van der Waals surface area contributed by atoms with Gasteiger partial charge in [0.05, 0.1) is 11.9 Å². The first-order valence-electron chi connectivity index (χ1n) is 7.92. The van der Waals surface area contributed by atoms with Gasteiger partial charge in [0.15, 0.2) is 11.5 Å². The van der Waals surface area contributed by atoms with Crippen molar-refractivity contribution in [3.05, 3.63) is 60.6 Å². The van der Waals surface area contributed by atoms with Crippen molar-refractivity contribution in [2.24, 2.45) is 0 Å². The molecule has 4 rings (SSSR count). The number of benzene rings is 1. The van der Waals surface area contributed by atoms with Gasteiger partial charge in [-0.1, -0.05) is 12.1 Å². The summed E-state index contributed by atoms with van der Waals surface area (Å²) in [5.41, 5.74) is 3.11. The van der Waals surface area contributed by atoms with Gasteiger partial charge in [-0.3, -0.25) is 10.1 Å². The Balaban J connectivity index is 1.35.